The highest BCUT2D eigenvalue weighted by molar-refractivity contribution is 7.90. The van der Waals surface area contributed by atoms with Gasteiger partial charge in [-0.3, -0.25) is 4.79 Å². The van der Waals surface area contributed by atoms with E-state index in [9.17, 15) is 13.2 Å². The predicted octanol–water partition coefficient (Wildman–Crippen LogP) is 3.05. The van der Waals surface area contributed by atoms with Gasteiger partial charge in [-0.2, -0.15) is 4.99 Å². The number of aromatic nitrogens is 1. The highest BCUT2D eigenvalue weighted by atomic mass is 32.2. The lowest BCUT2D eigenvalue weighted by molar-refractivity contribution is 0.0997. The van der Waals surface area contributed by atoms with E-state index in [1.165, 1.54) is 41.2 Å². The normalized spacial score (nSPS) is 12.3. The van der Waals surface area contributed by atoms with E-state index in [2.05, 4.69) is 17.1 Å². The van der Waals surface area contributed by atoms with Crippen molar-refractivity contribution in [3.8, 4) is 0 Å². The van der Waals surface area contributed by atoms with Gasteiger partial charge in [-0.15, -0.1) is 11.3 Å². The molecule has 3 aromatic rings. The topological polar surface area (TPSA) is 68.5 Å². The summed E-state index contributed by atoms with van der Waals surface area (Å²) < 4.78 is 24.9. The van der Waals surface area contributed by atoms with Crippen molar-refractivity contribution in [1.29, 1.82) is 0 Å². The van der Waals surface area contributed by atoms with Crippen LogP contribution in [-0.4, -0.2) is 25.1 Å². The quantitative estimate of drug-likeness (QED) is 0.692. The van der Waals surface area contributed by atoms with Crippen molar-refractivity contribution in [1.82, 2.24) is 4.57 Å². The molecular formula is C19H18N2O3S2. The van der Waals surface area contributed by atoms with Crippen LogP contribution in [0.1, 0.15) is 21.5 Å². The lowest BCUT2D eigenvalue weighted by atomic mass is 10.1. The summed E-state index contributed by atoms with van der Waals surface area (Å²) >= 11 is 1.38. The van der Waals surface area contributed by atoms with Crippen molar-refractivity contribution in [3.05, 3.63) is 81.6 Å². The summed E-state index contributed by atoms with van der Waals surface area (Å²) in [5.41, 5.74) is 2.68. The van der Waals surface area contributed by atoms with Gasteiger partial charge in [0.2, 0.25) is 0 Å². The average Bonchev–Trinajstić information content (AvgIpc) is 3.03. The van der Waals surface area contributed by atoms with E-state index in [1.807, 2.05) is 35.2 Å². The third kappa shape index (κ3) is 4.36. The Balaban J connectivity index is 1.85. The molecule has 0 aliphatic heterocycles. The standard InChI is InChI=1S/C19H18N2O3S2/c1-14-3-5-15(6-4-14)13-21-11-12-25-19(21)20-18(22)16-7-9-17(10-8-16)26(2,23)24/h3-12H,13H2,1-2H3. The molecule has 26 heavy (non-hydrogen) atoms. The Kier molecular flexibility index (Phi) is 5.20. The number of hydrogen-bond donors (Lipinski definition) is 0. The van der Waals surface area contributed by atoms with Crippen molar-refractivity contribution in [3.63, 3.8) is 0 Å². The van der Waals surface area contributed by atoms with Gasteiger partial charge in [-0.05, 0) is 36.8 Å². The molecule has 134 valence electrons. The van der Waals surface area contributed by atoms with E-state index >= 15 is 0 Å². The number of benzene rings is 2. The Bertz CT molecular complexity index is 1090. The molecule has 0 unspecified atom stereocenters. The summed E-state index contributed by atoms with van der Waals surface area (Å²) in [6.07, 6.45) is 3.03. The van der Waals surface area contributed by atoms with Crippen LogP contribution in [0.2, 0.25) is 0 Å². The molecule has 0 fully saturated rings. The number of carbonyl (C=O) groups is 1. The maximum Gasteiger partial charge on any atom is 0.279 e. The van der Waals surface area contributed by atoms with Gasteiger partial charge in [0.1, 0.15) is 0 Å². The summed E-state index contributed by atoms with van der Waals surface area (Å²) in [4.78, 5) is 17.4. The molecule has 3 rings (SSSR count). The molecule has 1 heterocycles. The van der Waals surface area contributed by atoms with Gasteiger partial charge >= 0.3 is 0 Å². The monoisotopic (exact) mass is 386 g/mol. The van der Waals surface area contributed by atoms with Gasteiger partial charge in [0.25, 0.3) is 5.91 Å². The molecule has 0 saturated heterocycles. The molecular weight excluding hydrogens is 368 g/mol. The first-order valence-corrected chi connectivity index (χ1v) is 10.7. The number of amides is 1. The van der Waals surface area contributed by atoms with Gasteiger partial charge in [-0.1, -0.05) is 29.8 Å². The van der Waals surface area contributed by atoms with Crippen LogP contribution in [0.4, 0.5) is 0 Å². The number of aryl methyl sites for hydroxylation is 1. The summed E-state index contributed by atoms with van der Waals surface area (Å²) in [6.45, 7) is 2.67. The summed E-state index contributed by atoms with van der Waals surface area (Å²) in [5, 5.41) is 1.88. The molecule has 1 amide bonds. The second-order valence-electron chi connectivity index (χ2n) is 6.01. The zero-order valence-electron chi connectivity index (χ0n) is 14.4. The Morgan fingerprint density at radius 1 is 1.08 bits per heavy atom. The Hall–Kier alpha value is -2.51. The van der Waals surface area contributed by atoms with Gasteiger partial charge in [0.15, 0.2) is 14.6 Å². The summed E-state index contributed by atoms with van der Waals surface area (Å²) in [5.74, 6) is -0.398. The first-order valence-electron chi connectivity index (χ1n) is 7.91. The van der Waals surface area contributed by atoms with Crippen LogP contribution in [0.25, 0.3) is 0 Å². The van der Waals surface area contributed by atoms with Crippen LogP contribution in [0.15, 0.2) is 70.0 Å². The highest BCUT2D eigenvalue weighted by Crippen LogP contribution is 2.11. The Labute approximate surface area is 156 Å². The van der Waals surface area contributed by atoms with Crippen molar-refractivity contribution in [2.75, 3.05) is 6.26 Å². The maximum atomic E-state index is 12.4. The van der Waals surface area contributed by atoms with E-state index in [1.54, 1.807) is 0 Å². The van der Waals surface area contributed by atoms with Crippen LogP contribution < -0.4 is 4.80 Å². The van der Waals surface area contributed by atoms with Crippen molar-refractivity contribution in [2.45, 2.75) is 18.4 Å². The van der Waals surface area contributed by atoms with Gasteiger partial charge in [0, 0.05) is 29.9 Å². The Morgan fingerprint density at radius 2 is 1.73 bits per heavy atom. The molecule has 0 saturated carbocycles. The molecule has 7 heteroatoms. The third-order valence-electron chi connectivity index (χ3n) is 3.86. The van der Waals surface area contributed by atoms with E-state index in [0.29, 0.717) is 16.9 Å². The van der Waals surface area contributed by atoms with E-state index in [4.69, 9.17) is 0 Å². The lowest BCUT2D eigenvalue weighted by Crippen LogP contribution is -2.17. The van der Waals surface area contributed by atoms with Crippen LogP contribution in [0.5, 0.6) is 0 Å². The van der Waals surface area contributed by atoms with Crippen LogP contribution in [0.3, 0.4) is 0 Å². The van der Waals surface area contributed by atoms with E-state index < -0.39 is 15.7 Å². The lowest BCUT2D eigenvalue weighted by Gasteiger charge is -2.04. The minimum atomic E-state index is -3.28. The zero-order chi connectivity index (χ0) is 18.7. The zero-order valence-corrected chi connectivity index (χ0v) is 16.0. The number of nitrogens with zero attached hydrogens (tertiary/aromatic N) is 2. The fourth-order valence-electron chi connectivity index (χ4n) is 2.39. The molecule has 0 N–H and O–H groups in total. The van der Waals surface area contributed by atoms with Crippen LogP contribution in [-0.2, 0) is 16.4 Å². The van der Waals surface area contributed by atoms with Gasteiger partial charge in [0.05, 0.1) is 4.90 Å². The predicted molar refractivity (Wildman–Crippen MR) is 102 cm³/mol. The fraction of sp³-hybridized carbons (Fsp3) is 0.158. The number of sulfone groups is 1. The molecule has 0 bridgehead atoms. The molecule has 2 aromatic carbocycles. The van der Waals surface area contributed by atoms with Gasteiger partial charge in [-0.25, -0.2) is 8.42 Å². The molecule has 0 aliphatic carbocycles. The minimum Gasteiger partial charge on any atom is -0.319 e. The maximum absolute atomic E-state index is 12.4. The highest BCUT2D eigenvalue weighted by Gasteiger charge is 2.10. The molecule has 1 aromatic heterocycles. The van der Waals surface area contributed by atoms with Gasteiger partial charge < -0.3 is 4.57 Å². The van der Waals surface area contributed by atoms with Crippen LogP contribution in [0, 0.1) is 6.92 Å². The van der Waals surface area contributed by atoms with E-state index in [0.717, 1.165) is 11.8 Å². The van der Waals surface area contributed by atoms with Crippen molar-refractivity contribution >= 4 is 27.1 Å². The number of hydrogen-bond acceptors (Lipinski definition) is 4. The molecule has 0 radical (unpaired) electrons. The first-order chi connectivity index (χ1) is 12.3. The first kappa shape index (κ1) is 18.3. The fourth-order valence-corrected chi connectivity index (χ4v) is 3.75. The summed E-state index contributed by atoms with van der Waals surface area (Å²) in [7, 11) is -3.28. The number of thiazole rings is 1. The average molecular weight is 386 g/mol. The molecule has 5 nitrogen and oxygen atoms in total. The smallest absolute Gasteiger partial charge is 0.279 e. The Morgan fingerprint density at radius 3 is 2.35 bits per heavy atom. The van der Waals surface area contributed by atoms with Crippen molar-refractivity contribution < 1.29 is 13.2 Å². The molecule has 0 atom stereocenters. The number of carbonyl (C=O) groups excluding carboxylic acids is 1. The third-order valence-corrected chi connectivity index (χ3v) is 5.78. The molecule has 0 aliphatic rings. The van der Waals surface area contributed by atoms with Crippen LogP contribution >= 0.6 is 11.3 Å². The summed E-state index contributed by atoms with van der Waals surface area (Å²) in [6, 6.07) is 14.0. The molecule has 0 spiro atoms. The second-order valence-corrected chi connectivity index (χ2v) is 8.90. The van der Waals surface area contributed by atoms with Crippen molar-refractivity contribution in [2.24, 2.45) is 4.99 Å². The largest absolute Gasteiger partial charge is 0.319 e. The second kappa shape index (κ2) is 7.39. The minimum absolute atomic E-state index is 0.180. The number of rotatable bonds is 4. The SMILES string of the molecule is Cc1ccc(Cn2ccsc2=NC(=O)c2ccc(S(C)(=O)=O)cc2)cc1. The van der Waals surface area contributed by atoms with E-state index in [-0.39, 0.29) is 4.90 Å².